The van der Waals surface area contributed by atoms with Crippen molar-refractivity contribution in [2.24, 2.45) is 0 Å². The van der Waals surface area contributed by atoms with Crippen molar-refractivity contribution < 1.29 is 13.9 Å². The van der Waals surface area contributed by atoms with Gasteiger partial charge in [0.2, 0.25) is 5.78 Å². The number of carbonyl (C=O) groups is 1. The van der Waals surface area contributed by atoms with Crippen LogP contribution in [0.5, 0.6) is 5.75 Å². The van der Waals surface area contributed by atoms with Crippen LogP contribution >= 0.6 is 0 Å². The molecule has 6 heteroatoms. The second kappa shape index (κ2) is 4.73. The van der Waals surface area contributed by atoms with E-state index in [4.69, 9.17) is 4.74 Å². The Morgan fingerprint density at radius 2 is 2.25 bits per heavy atom. The Morgan fingerprint density at radius 3 is 3.00 bits per heavy atom. The third-order valence-corrected chi connectivity index (χ3v) is 2.97. The van der Waals surface area contributed by atoms with Crippen molar-refractivity contribution in [2.45, 2.75) is 0 Å². The minimum absolute atomic E-state index is 0.303. The van der Waals surface area contributed by atoms with E-state index in [1.807, 2.05) is 0 Å². The highest BCUT2D eigenvalue weighted by atomic mass is 19.1. The number of nitrogens with zero attached hydrogens (tertiary/aromatic N) is 3. The molecule has 0 aliphatic carbocycles. The molecule has 0 saturated heterocycles. The van der Waals surface area contributed by atoms with E-state index in [0.717, 1.165) is 0 Å². The second-order valence-electron chi connectivity index (χ2n) is 4.10. The lowest BCUT2D eigenvalue weighted by Crippen LogP contribution is -1.95. The molecule has 0 spiro atoms. The molecule has 3 rings (SSSR count). The maximum Gasteiger partial charge on any atom is 0.234 e. The molecule has 0 aliphatic heterocycles. The van der Waals surface area contributed by atoms with E-state index < -0.39 is 5.82 Å². The molecule has 0 saturated carbocycles. The number of carbonyl (C=O) groups excluding carboxylic acids is 1. The Hall–Kier alpha value is -2.76. The van der Waals surface area contributed by atoms with Gasteiger partial charge in [0.25, 0.3) is 0 Å². The lowest BCUT2D eigenvalue weighted by Gasteiger charge is -2.06. The highest BCUT2D eigenvalue weighted by molar-refractivity contribution is 5.87. The predicted octanol–water partition coefficient (Wildman–Crippen LogP) is 2.36. The summed E-state index contributed by atoms with van der Waals surface area (Å²) in [4.78, 5) is 19.7. The minimum Gasteiger partial charge on any atom is -0.496 e. The van der Waals surface area contributed by atoms with Crippen LogP contribution in [0.4, 0.5) is 4.39 Å². The second-order valence-corrected chi connectivity index (χ2v) is 4.10. The fraction of sp³-hybridized carbons (Fsp3) is 0.0714. The lowest BCUT2D eigenvalue weighted by atomic mass is 10.1. The number of aromatic nitrogens is 3. The minimum atomic E-state index is -0.428. The molecule has 1 aromatic carbocycles. The summed E-state index contributed by atoms with van der Waals surface area (Å²) in [6.45, 7) is 0. The van der Waals surface area contributed by atoms with Crippen molar-refractivity contribution in [1.29, 1.82) is 0 Å². The van der Waals surface area contributed by atoms with Crippen LogP contribution in [0.3, 0.4) is 0 Å². The molecule has 20 heavy (non-hydrogen) atoms. The predicted molar refractivity (Wildman–Crippen MR) is 70.3 cm³/mol. The zero-order chi connectivity index (χ0) is 14.1. The highest BCUT2D eigenvalue weighted by Crippen LogP contribution is 2.32. The largest absolute Gasteiger partial charge is 0.496 e. The molecule has 0 fully saturated rings. The number of rotatable bonds is 3. The molecule has 0 amide bonds. The van der Waals surface area contributed by atoms with Crippen molar-refractivity contribution >= 4 is 12.1 Å². The van der Waals surface area contributed by atoms with Gasteiger partial charge >= 0.3 is 0 Å². The van der Waals surface area contributed by atoms with E-state index >= 15 is 0 Å². The molecule has 2 heterocycles. The average Bonchev–Trinajstić information content (AvgIpc) is 2.85. The van der Waals surface area contributed by atoms with E-state index in [9.17, 15) is 9.18 Å². The van der Waals surface area contributed by atoms with E-state index in [1.54, 1.807) is 22.9 Å². The summed E-state index contributed by atoms with van der Waals surface area (Å²) in [5, 5.41) is 0. The van der Waals surface area contributed by atoms with Crippen LogP contribution in [0, 0.1) is 5.82 Å². The summed E-state index contributed by atoms with van der Waals surface area (Å²) in [5.74, 6) is 0.386. The van der Waals surface area contributed by atoms with Crippen LogP contribution in [0.1, 0.15) is 10.5 Å². The zero-order valence-corrected chi connectivity index (χ0v) is 10.6. The number of hydrogen-bond acceptors (Lipinski definition) is 4. The molecular weight excluding hydrogens is 261 g/mol. The first-order valence-electron chi connectivity index (χ1n) is 5.86. The first-order valence-corrected chi connectivity index (χ1v) is 5.86. The standard InChI is InChI=1S/C14H10FN3O2/c1-20-12-4-3-9(15)7-10(12)13-11(8-19)18-6-2-5-16-14(18)17-13/h2-8H,1H3. The van der Waals surface area contributed by atoms with Crippen LogP contribution < -0.4 is 4.74 Å². The fourth-order valence-electron chi connectivity index (χ4n) is 2.08. The van der Waals surface area contributed by atoms with Crippen LogP contribution in [-0.2, 0) is 0 Å². The molecule has 0 radical (unpaired) electrons. The van der Waals surface area contributed by atoms with Crippen molar-refractivity contribution in [2.75, 3.05) is 7.11 Å². The molecule has 0 unspecified atom stereocenters. The SMILES string of the molecule is COc1ccc(F)cc1-c1nc2ncccn2c1C=O. The van der Waals surface area contributed by atoms with E-state index in [0.29, 0.717) is 34.8 Å². The Bertz CT molecular complexity index is 798. The lowest BCUT2D eigenvalue weighted by molar-refractivity contribution is 0.111. The van der Waals surface area contributed by atoms with Gasteiger partial charge in [0.15, 0.2) is 6.29 Å². The summed E-state index contributed by atoms with van der Waals surface area (Å²) in [6.07, 6.45) is 3.92. The van der Waals surface area contributed by atoms with Gasteiger partial charge in [-0.3, -0.25) is 9.20 Å². The monoisotopic (exact) mass is 271 g/mol. The van der Waals surface area contributed by atoms with Crippen LogP contribution in [0.2, 0.25) is 0 Å². The zero-order valence-electron chi connectivity index (χ0n) is 10.6. The van der Waals surface area contributed by atoms with Gasteiger partial charge in [-0.1, -0.05) is 0 Å². The van der Waals surface area contributed by atoms with Gasteiger partial charge < -0.3 is 4.74 Å². The summed E-state index contributed by atoms with van der Waals surface area (Å²) in [5.41, 5.74) is 1.06. The normalized spacial score (nSPS) is 10.7. The van der Waals surface area contributed by atoms with Crippen molar-refractivity contribution in [3.05, 3.63) is 48.2 Å². The molecule has 0 atom stereocenters. The Labute approximate surface area is 113 Å². The maximum atomic E-state index is 13.5. The number of imidazole rings is 1. The van der Waals surface area contributed by atoms with Crippen LogP contribution in [0.15, 0.2) is 36.7 Å². The van der Waals surface area contributed by atoms with Crippen molar-refractivity contribution in [3.63, 3.8) is 0 Å². The Balaban J connectivity index is 2.34. The van der Waals surface area contributed by atoms with Crippen molar-refractivity contribution in [3.8, 4) is 17.0 Å². The summed E-state index contributed by atoms with van der Waals surface area (Å²) in [7, 11) is 1.48. The number of methoxy groups -OCH3 is 1. The number of hydrogen-bond donors (Lipinski definition) is 0. The molecule has 0 aliphatic rings. The number of halogens is 1. The molecule has 5 nitrogen and oxygen atoms in total. The number of benzene rings is 1. The summed E-state index contributed by atoms with van der Waals surface area (Å²) in [6, 6.07) is 5.76. The maximum absolute atomic E-state index is 13.5. The number of ether oxygens (including phenoxy) is 1. The summed E-state index contributed by atoms with van der Waals surface area (Å²) < 4.78 is 20.2. The quantitative estimate of drug-likeness (QED) is 0.686. The number of fused-ring (bicyclic) bond motifs is 1. The molecule has 100 valence electrons. The Kier molecular flexibility index (Phi) is 2.90. The third kappa shape index (κ3) is 1.82. The first kappa shape index (κ1) is 12.3. The smallest absolute Gasteiger partial charge is 0.234 e. The molecule has 2 aromatic heterocycles. The van der Waals surface area contributed by atoms with Gasteiger partial charge in [0.05, 0.1) is 7.11 Å². The molecule has 0 bridgehead atoms. The fourth-order valence-corrected chi connectivity index (χ4v) is 2.08. The van der Waals surface area contributed by atoms with E-state index in [-0.39, 0.29) is 0 Å². The van der Waals surface area contributed by atoms with Gasteiger partial charge in [-0.2, -0.15) is 0 Å². The van der Waals surface area contributed by atoms with Crippen LogP contribution in [0.25, 0.3) is 17.0 Å². The van der Waals surface area contributed by atoms with E-state index in [2.05, 4.69) is 9.97 Å². The Morgan fingerprint density at radius 1 is 1.40 bits per heavy atom. The molecular formula is C14H10FN3O2. The third-order valence-electron chi connectivity index (χ3n) is 2.97. The summed E-state index contributed by atoms with van der Waals surface area (Å²) >= 11 is 0. The van der Waals surface area contributed by atoms with Gasteiger partial charge in [-0.05, 0) is 24.3 Å². The molecule has 0 N–H and O–H groups in total. The van der Waals surface area contributed by atoms with Gasteiger partial charge in [-0.15, -0.1) is 0 Å². The van der Waals surface area contributed by atoms with Gasteiger partial charge in [0, 0.05) is 18.0 Å². The van der Waals surface area contributed by atoms with Gasteiger partial charge in [-0.25, -0.2) is 14.4 Å². The van der Waals surface area contributed by atoms with Gasteiger partial charge in [0.1, 0.15) is 23.0 Å². The number of aldehydes is 1. The van der Waals surface area contributed by atoms with E-state index in [1.165, 1.54) is 25.3 Å². The highest BCUT2D eigenvalue weighted by Gasteiger charge is 2.18. The average molecular weight is 271 g/mol. The molecule has 3 aromatic rings. The van der Waals surface area contributed by atoms with Crippen molar-refractivity contribution in [1.82, 2.24) is 14.4 Å². The topological polar surface area (TPSA) is 56.5 Å². The first-order chi connectivity index (χ1) is 9.74. The van der Waals surface area contributed by atoms with Crippen LogP contribution in [-0.4, -0.2) is 27.8 Å².